The van der Waals surface area contributed by atoms with Crippen molar-refractivity contribution in [3.8, 4) is 5.75 Å². The van der Waals surface area contributed by atoms with Crippen LogP contribution in [0.2, 0.25) is 0 Å². The lowest BCUT2D eigenvalue weighted by Gasteiger charge is -2.14. The van der Waals surface area contributed by atoms with Gasteiger partial charge in [0, 0.05) is 6.20 Å². The third kappa shape index (κ3) is 3.05. The highest BCUT2D eigenvalue weighted by Gasteiger charge is 2.34. The van der Waals surface area contributed by atoms with Gasteiger partial charge in [0.1, 0.15) is 5.69 Å². The molecule has 1 heterocycles. The maximum atomic E-state index is 12.4. The molecular weight excluding hydrogens is 273 g/mol. The number of ether oxygens (including phenoxy) is 1. The van der Waals surface area contributed by atoms with Gasteiger partial charge in [0.2, 0.25) is 5.78 Å². The second-order valence-electron chi connectivity index (χ2n) is 3.82. The monoisotopic (exact) mass is 282 g/mol. The van der Waals surface area contributed by atoms with Gasteiger partial charge in [0.15, 0.2) is 5.75 Å². The summed E-state index contributed by atoms with van der Waals surface area (Å²) < 4.78 is 40.9. The van der Waals surface area contributed by atoms with Gasteiger partial charge in [0.25, 0.3) is 0 Å². The van der Waals surface area contributed by atoms with E-state index in [1.54, 1.807) is 12.1 Å². The number of hydrogen-bond donors (Lipinski definition) is 1. The standard InChI is InChI=1S/C13H9F3N2O2/c14-13(15,16)20-12-8(4-3-5-9(12)17)11(19)10-6-1-2-7-18-10/h1-7H,17H2. The maximum absolute atomic E-state index is 12.4. The molecule has 0 saturated carbocycles. The highest BCUT2D eigenvalue weighted by atomic mass is 19.4. The van der Waals surface area contributed by atoms with E-state index in [0.717, 1.165) is 0 Å². The van der Waals surface area contributed by atoms with Gasteiger partial charge in [-0.25, -0.2) is 0 Å². The number of para-hydroxylation sites is 1. The molecule has 0 fully saturated rings. The summed E-state index contributed by atoms with van der Waals surface area (Å²) in [6.45, 7) is 0. The number of rotatable bonds is 3. The molecule has 0 aliphatic carbocycles. The van der Waals surface area contributed by atoms with Crippen molar-refractivity contribution in [1.29, 1.82) is 0 Å². The van der Waals surface area contributed by atoms with Crippen LogP contribution in [0.15, 0.2) is 42.6 Å². The van der Waals surface area contributed by atoms with E-state index in [4.69, 9.17) is 5.73 Å². The molecule has 0 saturated heterocycles. The van der Waals surface area contributed by atoms with Crippen LogP contribution < -0.4 is 10.5 Å². The number of aromatic nitrogens is 1. The molecule has 0 bridgehead atoms. The molecule has 0 radical (unpaired) electrons. The first-order chi connectivity index (χ1) is 9.38. The Balaban J connectivity index is 2.47. The molecule has 0 amide bonds. The number of carbonyl (C=O) groups excluding carboxylic acids is 1. The summed E-state index contributed by atoms with van der Waals surface area (Å²) >= 11 is 0. The Kier molecular flexibility index (Phi) is 3.60. The Morgan fingerprint density at radius 2 is 1.90 bits per heavy atom. The normalized spacial score (nSPS) is 11.2. The average molecular weight is 282 g/mol. The molecule has 4 nitrogen and oxygen atoms in total. The summed E-state index contributed by atoms with van der Waals surface area (Å²) in [5.74, 6) is -1.41. The number of anilines is 1. The van der Waals surface area contributed by atoms with Crippen molar-refractivity contribution < 1.29 is 22.7 Å². The maximum Gasteiger partial charge on any atom is 0.573 e. The van der Waals surface area contributed by atoms with Crippen molar-refractivity contribution >= 4 is 11.5 Å². The Labute approximate surface area is 112 Å². The van der Waals surface area contributed by atoms with Crippen LogP contribution in [0.1, 0.15) is 16.1 Å². The van der Waals surface area contributed by atoms with E-state index in [1.807, 2.05) is 0 Å². The third-order valence-electron chi connectivity index (χ3n) is 2.41. The van der Waals surface area contributed by atoms with E-state index in [2.05, 4.69) is 9.72 Å². The highest BCUT2D eigenvalue weighted by molar-refractivity contribution is 6.10. The number of alkyl halides is 3. The molecule has 0 atom stereocenters. The molecule has 0 spiro atoms. The number of hydrogen-bond acceptors (Lipinski definition) is 4. The van der Waals surface area contributed by atoms with E-state index < -0.39 is 17.9 Å². The average Bonchev–Trinajstić information content (AvgIpc) is 2.40. The van der Waals surface area contributed by atoms with E-state index in [1.165, 1.54) is 30.5 Å². The molecule has 2 rings (SSSR count). The smallest absolute Gasteiger partial charge is 0.403 e. The van der Waals surface area contributed by atoms with Crippen LogP contribution in [-0.4, -0.2) is 17.1 Å². The Morgan fingerprint density at radius 1 is 1.15 bits per heavy atom. The zero-order chi connectivity index (χ0) is 14.8. The molecule has 0 unspecified atom stereocenters. The lowest BCUT2D eigenvalue weighted by atomic mass is 10.1. The van der Waals surface area contributed by atoms with Gasteiger partial charge >= 0.3 is 6.36 Å². The fourth-order valence-electron chi connectivity index (χ4n) is 1.60. The van der Waals surface area contributed by atoms with Gasteiger partial charge in [-0.15, -0.1) is 13.2 Å². The predicted molar refractivity (Wildman–Crippen MR) is 65.2 cm³/mol. The summed E-state index contributed by atoms with van der Waals surface area (Å²) in [6, 6.07) is 8.32. The van der Waals surface area contributed by atoms with Crippen LogP contribution in [0, 0.1) is 0 Å². The van der Waals surface area contributed by atoms with E-state index >= 15 is 0 Å². The molecule has 0 aliphatic heterocycles. The van der Waals surface area contributed by atoms with E-state index in [9.17, 15) is 18.0 Å². The second kappa shape index (κ2) is 5.20. The zero-order valence-electron chi connectivity index (χ0n) is 10.0. The van der Waals surface area contributed by atoms with Crippen molar-refractivity contribution in [1.82, 2.24) is 4.98 Å². The molecule has 2 N–H and O–H groups in total. The summed E-state index contributed by atoms with van der Waals surface area (Å²) in [5.41, 5.74) is 4.89. The minimum absolute atomic E-state index is 0.00474. The SMILES string of the molecule is Nc1cccc(C(=O)c2ccccn2)c1OC(F)(F)F. The van der Waals surface area contributed by atoms with Gasteiger partial charge in [-0.2, -0.15) is 0 Å². The third-order valence-corrected chi connectivity index (χ3v) is 2.41. The molecule has 20 heavy (non-hydrogen) atoms. The van der Waals surface area contributed by atoms with Gasteiger partial charge in [0.05, 0.1) is 11.3 Å². The lowest BCUT2D eigenvalue weighted by molar-refractivity contribution is -0.274. The fraction of sp³-hybridized carbons (Fsp3) is 0.0769. The number of benzene rings is 1. The Hall–Kier alpha value is -2.57. The number of halogens is 3. The molecular formula is C13H9F3N2O2. The number of ketones is 1. The first-order valence-electron chi connectivity index (χ1n) is 5.48. The number of nitrogens with two attached hydrogens (primary N) is 1. The van der Waals surface area contributed by atoms with E-state index in [-0.39, 0.29) is 16.9 Å². The molecule has 1 aromatic heterocycles. The summed E-state index contributed by atoms with van der Waals surface area (Å²) in [7, 11) is 0. The minimum Gasteiger partial charge on any atom is -0.403 e. The largest absolute Gasteiger partial charge is 0.573 e. The van der Waals surface area contributed by atoms with Crippen LogP contribution in [-0.2, 0) is 0 Å². The van der Waals surface area contributed by atoms with Gasteiger partial charge < -0.3 is 10.5 Å². The second-order valence-corrected chi connectivity index (χ2v) is 3.82. The lowest BCUT2D eigenvalue weighted by Crippen LogP contribution is -2.20. The summed E-state index contributed by atoms with van der Waals surface area (Å²) in [4.78, 5) is 15.9. The summed E-state index contributed by atoms with van der Waals surface area (Å²) in [5, 5.41) is 0. The molecule has 1 aromatic carbocycles. The van der Waals surface area contributed by atoms with Crippen LogP contribution in [0.5, 0.6) is 5.75 Å². The number of pyridine rings is 1. The van der Waals surface area contributed by atoms with Crippen molar-refractivity contribution in [2.24, 2.45) is 0 Å². The molecule has 104 valence electrons. The van der Waals surface area contributed by atoms with Crippen molar-refractivity contribution in [3.05, 3.63) is 53.9 Å². The Bertz CT molecular complexity index is 627. The zero-order valence-corrected chi connectivity index (χ0v) is 10.0. The topological polar surface area (TPSA) is 65.2 Å². The fourth-order valence-corrected chi connectivity index (χ4v) is 1.60. The number of carbonyl (C=O) groups is 1. The quantitative estimate of drug-likeness (QED) is 0.694. The van der Waals surface area contributed by atoms with Crippen LogP contribution >= 0.6 is 0 Å². The molecule has 2 aromatic rings. The van der Waals surface area contributed by atoms with Gasteiger partial charge in [-0.05, 0) is 24.3 Å². The van der Waals surface area contributed by atoms with Crippen molar-refractivity contribution in [3.63, 3.8) is 0 Å². The van der Waals surface area contributed by atoms with Crippen molar-refractivity contribution in [2.45, 2.75) is 6.36 Å². The van der Waals surface area contributed by atoms with Gasteiger partial charge in [-0.3, -0.25) is 9.78 Å². The highest BCUT2D eigenvalue weighted by Crippen LogP contribution is 2.33. The first-order valence-corrected chi connectivity index (χ1v) is 5.48. The van der Waals surface area contributed by atoms with Crippen LogP contribution in [0.4, 0.5) is 18.9 Å². The molecule has 7 heteroatoms. The minimum atomic E-state index is -4.94. The summed E-state index contributed by atoms with van der Waals surface area (Å²) in [6.07, 6.45) is -3.57. The Morgan fingerprint density at radius 3 is 2.50 bits per heavy atom. The van der Waals surface area contributed by atoms with Crippen LogP contribution in [0.25, 0.3) is 0 Å². The van der Waals surface area contributed by atoms with E-state index in [0.29, 0.717) is 0 Å². The predicted octanol–water partition coefficient (Wildman–Crippen LogP) is 2.79. The van der Waals surface area contributed by atoms with Gasteiger partial charge in [-0.1, -0.05) is 12.1 Å². The first kappa shape index (κ1) is 13.9. The van der Waals surface area contributed by atoms with Crippen molar-refractivity contribution in [2.75, 3.05) is 5.73 Å². The number of nitrogen functional groups attached to an aromatic ring is 1. The number of nitrogens with zero attached hydrogens (tertiary/aromatic N) is 1. The van der Waals surface area contributed by atoms with Crippen LogP contribution in [0.3, 0.4) is 0 Å². The molecule has 0 aliphatic rings.